The molecule has 0 aliphatic carbocycles. The van der Waals surface area contributed by atoms with Gasteiger partial charge in [-0.1, -0.05) is 0 Å². The molecule has 0 unspecified atom stereocenters. The molecule has 0 N–H and O–H groups in total. The number of hydrogen-bond acceptors (Lipinski definition) is 0. The predicted molar refractivity (Wildman–Crippen MR) is 91.7 cm³/mol. The Hall–Kier alpha value is -1.30. The summed E-state index contributed by atoms with van der Waals surface area (Å²) >= 11 is 2.25. The number of hydrogen-bond donors (Lipinski definition) is 0. The Morgan fingerprint density at radius 1 is 0.550 bits per heavy atom. The summed E-state index contributed by atoms with van der Waals surface area (Å²) in [5.41, 5.74) is 0. The van der Waals surface area contributed by atoms with Crippen LogP contribution < -0.4 is 13.1 Å². The first kappa shape index (κ1) is 13.7. The predicted octanol–water partition coefficient (Wildman–Crippen LogP) is 2.97. The standard InChI is InChI=1S/C18H14AsBr/c20-18-14-8-7-13-17(18)19(15-9-3-1-4-10-15)16-11-5-2-6-12-16/h1-14H. The Bertz CT molecular complexity index is 641. The average Bonchev–Trinajstić information content (AvgIpc) is 2.52. The first-order valence-corrected chi connectivity index (χ1v) is 10.1. The molecule has 0 amide bonds. The summed E-state index contributed by atoms with van der Waals surface area (Å²) in [4.78, 5) is 0. The monoisotopic (exact) mass is 384 g/mol. The third-order valence-corrected chi connectivity index (χ3v) is 9.73. The van der Waals surface area contributed by atoms with Gasteiger partial charge in [-0.05, 0) is 0 Å². The van der Waals surface area contributed by atoms with Crippen molar-refractivity contribution < 1.29 is 0 Å². The Labute approximate surface area is 132 Å². The third kappa shape index (κ3) is 2.90. The van der Waals surface area contributed by atoms with Crippen molar-refractivity contribution >= 4 is 43.6 Å². The van der Waals surface area contributed by atoms with Crippen molar-refractivity contribution in [2.75, 3.05) is 0 Å². The minimum atomic E-state index is -1.48. The van der Waals surface area contributed by atoms with E-state index in [0.717, 1.165) is 0 Å². The van der Waals surface area contributed by atoms with E-state index >= 15 is 0 Å². The first-order valence-electron chi connectivity index (χ1n) is 6.51. The molecule has 0 radical (unpaired) electrons. The molecule has 0 saturated carbocycles. The fourth-order valence-corrected chi connectivity index (χ4v) is 8.28. The second kappa shape index (κ2) is 6.43. The van der Waals surface area contributed by atoms with Crippen molar-refractivity contribution in [1.82, 2.24) is 0 Å². The number of halogens is 1. The quantitative estimate of drug-likeness (QED) is 0.609. The van der Waals surface area contributed by atoms with Crippen molar-refractivity contribution in [2.45, 2.75) is 0 Å². The van der Waals surface area contributed by atoms with E-state index < -0.39 is 14.7 Å². The summed E-state index contributed by atoms with van der Waals surface area (Å²) < 4.78 is 5.57. The first-order chi connectivity index (χ1) is 9.86. The van der Waals surface area contributed by atoms with Crippen LogP contribution in [0.3, 0.4) is 0 Å². The molecule has 3 aromatic rings. The van der Waals surface area contributed by atoms with Crippen LogP contribution in [0.2, 0.25) is 0 Å². The van der Waals surface area contributed by atoms with Gasteiger partial charge >= 0.3 is 133 Å². The van der Waals surface area contributed by atoms with Crippen LogP contribution in [-0.2, 0) is 0 Å². The fraction of sp³-hybridized carbons (Fsp3) is 0. The Kier molecular flexibility index (Phi) is 4.40. The van der Waals surface area contributed by atoms with Crippen LogP contribution in [0.1, 0.15) is 0 Å². The second-order valence-corrected chi connectivity index (χ2v) is 9.90. The summed E-state index contributed by atoms with van der Waals surface area (Å²) in [6, 6.07) is 30.3. The molecule has 0 nitrogen and oxygen atoms in total. The van der Waals surface area contributed by atoms with Crippen LogP contribution in [-0.4, -0.2) is 14.7 Å². The van der Waals surface area contributed by atoms with Gasteiger partial charge in [-0.2, -0.15) is 0 Å². The van der Waals surface area contributed by atoms with E-state index in [1.165, 1.54) is 17.5 Å². The zero-order valence-corrected chi connectivity index (χ0v) is 14.4. The minimum absolute atomic E-state index is 1.22. The van der Waals surface area contributed by atoms with Gasteiger partial charge in [-0.3, -0.25) is 0 Å². The van der Waals surface area contributed by atoms with Crippen molar-refractivity contribution in [3.8, 4) is 0 Å². The molecular weight excluding hydrogens is 371 g/mol. The Morgan fingerprint density at radius 2 is 1.00 bits per heavy atom. The summed E-state index contributed by atoms with van der Waals surface area (Å²) in [6.45, 7) is 0. The zero-order valence-electron chi connectivity index (χ0n) is 10.9. The van der Waals surface area contributed by atoms with E-state index in [1.54, 1.807) is 0 Å². The summed E-state index contributed by atoms with van der Waals surface area (Å²) in [6.07, 6.45) is 0. The van der Waals surface area contributed by atoms with E-state index in [2.05, 4.69) is 101 Å². The van der Waals surface area contributed by atoms with Gasteiger partial charge in [0.15, 0.2) is 0 Å². The van der Waals surface area contributed by atoms with Crippen molar-refractivity contribution in [3.63, 3.8) is 0 Å². The molecule has 0 saturated heterocycles. The molecule has 0 bridgehead atoms. The molecule has 20 heavy (non-hydrogen) atoms. The van der Waals surface area contributed by atoms with Gasteiger partial charge in [0.2, 0.25) is 0 Å². The van der Waals surface area contributed by atoms with E-state index in [4.69, 9.17) is 0 Å². The Morgan fingerprint density at radius 3 is 1.50 bits per heavy atom. The molecule has 0 aliphatic rings. The molecule has 2 heteroatoms. The van der Waals surface area contributed by atoms with Gasteiger partial charge in [0.25, 0.3) is 0 Å². The number of rotatable bonds is 3. The van der Waals surface area contributed by atoms with Crippen LogP contribution in [0.5, 0.6) is 0 Å². The molecule has 0 heterocycles. The molecular formula is C18H14AsBr. The van der Waals surface area contributed by atoms with Crippen LogP contribution in [0.25, 0.3) is 0 Å². The van der Waals surface area contributed by atoms with E-state index in [0.29, 0.717) is 0 Å². The molecule has 98 valence electrons. The van der Waals surface area contributed by atoms with Gasteiger partial charge in [0.1, 0.15) is 0 Å². The summed E-state index contributed by atoms with van der Waals surface area (Å²) in [5.74, 6) is 0. The van der Waals surface area contributed by atoms with E-state index in [-0.39, 0.29) is 0 Å². The SMILES string of the molecule is Brc1ccccc1[As](c1ccccc1)c1ccccc1. The van der Waals surface area contributed by atoms with Crippen molar-refractivity contribution in [1.29, 1.82) is 0 Å². The van der Waals surface area contributed by atoms with Gasteiger partial charge in [-0.15, -0.1) is 0 Å². The van der Waals surface area contributed by atoms with Gasteiger partial charge < -0.3 is 0 Å². The molecule has 0 fully saturated rings. The maximum atomic E-state index is 3.73. The van der Waals surface area contributed by atoms with E-state index in [9.17, 15) is 0 Å². The van der Waals surface area contributed by atoms with Crippen LogP contribution >= 0.6 is 15.9 Å². The third-order valence-electron chi connectivity index (χ3n) is 3.12. The normalized spacial score (nSPS) is 10.7. The van der Waals surface area contributed by atoms with Gasteiger partial charge in [-0.25, -0.2) is 0 Å². The number of benzene rings is 3. The second-order valence-electron chi connectivity index (χ2n) is 4.46. The van der Waals surface area contributed by atoms with Crippen LogP contribution in [0, 0.1) is 0 Å². The fourth-order valence-electron chi connectivity index (χ4n) is 2.21. The van der Waals surface area contributed by atoms with Gasteiger partial charge in [0, 0.05) is 0 Å². The molecule has 0 spiro atoms. The van der Waals surface area contributed by atoms with E-state index in [1.807, 2.05) is 0 Å². The molecule has 3 rings (SSSR count). The molecule has 0 aliphatic heterocycles. The topological polar surface area (TPSA) is 0 Å². The molecule has 0 atom stereocenters. The summed E-state index contributed by atoms with van der Waals surface area (Å²) in [5, 5.41) is 0. The molecule has 0 aromatic heterocycles. The van der Waals surface area contributed by atoms with Crippen LogP contribution in [0.15, 0.2) is 89.4 Å². The van der Waals surface area contributed by atoms with Gasteiger partial charge in [0.05, 0.1) is 0 Å². The average molecular weight is 385 g/mol. The Balaban J connectivity index is 2.17. The maximum absolute atomic E-state index is 3.73. The molecule has 3 aromatic carbocycles. The summed E-state index contributed by atoms with van der Waals surface area (Å²) in [7, 11) is 0. The zero-order chi connectivity index (χ0) is 13.8. The van der Waals surface area contributed by atoms with Crippen molar-refractivity contribution in [3.05, 3.63) is 89.4 Å². The van der Waals surface area contributed by atoms with Crippen molar-refractivity contribution in [2.24, 2.45) is 0 Å². The van der Waals surface area contributed by atoms with Crippen LogP contribution in [0.4, 0.5) is 0 Å².